The summed E-state index contributed by atoms with van der Waals surface area (Å²) in [6.07, 6.45) is 4.54. The molecule has 1 unspecified atom stereocenters. The highest BCUT2D eigenvalue weighted by Crippen LogP contribution is 2.40. The molecule has 0 N–H and O–H groups in total. The fourth-order valence-electron chi connectivity index (χ4n) is 2.76. The zero-order chi connectivity index (χ0) is 12.7. The number of carbonyl (C=O) groups excluding carboxylic acids is 1. The molecule has 1 saturated carbocycles. The van der Waals surface area contributed by atoms with Gasteiger partial charge in [0.25, 0.3) is 0 Å². The molecule has 18 heavy (non-hydrogen) atoms. The van der Waals surface area contributed by atoms with Gasteiger partial charge in [-0.1, -0.05) is 0 Å². The Kier molecular flexibility index (Phi) is 2.76. The van der Waals surface area contributed by atoms with Crippen LogP contribution in [0.15, 0.2) is 6.20 Å². The van der Waals surface area contributed by atoms with Crippen LogP contribution in [0.3, 0.4) is 0 Å². The molecule has 1 aromatic rings. The Balaban J connectivity index is 1.82. The predicted octanol–water partition coefficient (Wildman–Crippen LogP) is 1.54. The number of rotatable bonds is 3. The van der Waals surface area contributed by atoms with Gasteiger partial charge in [0.15, 0.2) is 5.69 Å². The van der Waals surface area contributed by atoms with E-state index in [-0.39, 0.29) is 5.97 Å². The summed E-state index contributed by atoms with van der Waals surface area (Å²) in [5.74, 6) is 2.13. The molecule has 0 amide bonds. The van der Waals surface area contributed by atoms with Crippen molar-refractivity contribution in [1.29, 1.82) is 0 Å². The number of ether oxygens (including phenoxy) is 1. The maximum Gasteiger partial charge on any atom is 0.358 e. The van der Waals surface area contributed by atoms with Crippen molar-refractivity contribution in [2.45, 2.75) is 26.3 Å². The SMILES string of the molecule is CCOC(=O)c1cn2c(n1)N(C)CC(C1CC1)C2. The van der Waals surface area contributed by atoms with Crippen LogP contribution in [0.25, 0.3) is 0 Å². The first-order valence-corrected chi connectivity index (χ1v) is 6.64. The maximum absolute atomic E-state index is 11.7. The monoisotopic (exact) mass is 249 g/mol. The standard InChI is InChI=1S/C13H19N3O2/c1-3-18-12(17)11-8-16-7-10(9-4-5-9)6-15(2)13(16)14-11/h8-10H,3-7H2,1-2H3. The number of nitrogens with zero attached hydrogens (tertiary/aromatic N) is 3. The van der Waals surface area contributed by atoms with Crippen LogP contribution in [0.4, 0.5) is 5.95 Å². The normalized spacial score (nSPS) is 22.8. The van der Waals surface area contributed by atoms with E-state index in [4.69, 9.17) is 4.74 Å². The van der Waals surface area contributed by atoms with E-state index in [0.717, 1.165) is 25.0 Å². The molecule has 5 nitrogen and oxygen atoms in total. The van der Waals surface area contributed by atoms with Gasteiger partial charge in [0.05, 0.1) is 6.61 Å². The van der Waals surface area contributed by atoms with Crippen molar-refractivity contribution in [2.24, 2.45) is 11.8 Å². The summed E-state index contributed by atoms with van der Waals surface area (Å²) in [6.45, 7) is 4.23. The van der Waals surface area contributed by atoms with E-state index in [1.165, 1.54) is 12.8 Å². The highest BCUT2D eigenvalue weighted by molar-refractivity contribution is 5.87. The molecule has 1 fully saturated rings. The molecule has 2 aliphatic rings. The summed E-state index contributed by atoms with van der Waals surface area (Å²) in [4.78, 5) is 18.2. The van der Waals surface area contributed by atoms with Gasteiger partial charge < -0.3 is 14.2 Å². The zero-order valence-electron chi connectivity index (χ0n) is 10.9. The highest BCUT2D eigenvalue weighted by Gasteiger charge is 2.36. The number of carbonyl (C=O) groups is 1. The molecule has 0 saturated heterocycles. The number of imidazole rings is 1. The Labute approximate surface area is 107 Å². The van der Waals surface area contributed by atoms with Crippen LogP contribution < -0.4 is 4.90 Å². The fourth-order valence-corrected chi connectivity index (χ4v) is 2.76. The van der Waals surface area contributed by atoms with Gasteiger partial charge in [-0.2, -0.15) is 0 Å². The summed E-state index contributed by atoms with van der Waals surface area (Å²) in [5.41, 5.74) is 0.426. The molecule has 1 atom stereocenters. The zero-order valence-corrected chi connectivity index (χ0v) is 10.9. The molecular weight excluding hydrogens is 230 g/mol. The molecule has 1 aliphatic heterocycles. The second kappa shape index (κ2) is 4.30. The number of fused-ring (bicyclic) bond motifs is 1. The number of hydrogen-bond acceptors (Lipinski definition) is 4. The Morgan fingerprint density at radius 2 is 2.22 bits per heavy atom. The molecule has 1 aromatic heterocycles. The van der Waals surface area contributed by atoms with Gasteiger partial charge in [0.2, 0.25) is 5.95 Å². The van der Waals surface area contributed by atoms with Crippen LogP contribution in [0.5, 0.6) is 0 Å². The van der Waals surface area contributed by atoms with E-state index in [1.54, 1.807) is 0 Å². The maximum atomic E-state index is 11.7. The van der Waals surface area contributed by atoms with Gasteiger partial charge in [0.1, 0.15) is 0 Å². The molecule has 0 aromatic carbocycles. The average molecular weight is 249 g/mol. The minimum atomic E-state index is -0.323. The van der Waals surface area contributed by atoms with E-state index in [0.29, 0.717) is 18.2 Å². The minimum absolute atomic E-state index is 0.323. The van der Waals surface area contributed by atoms with Crippen LogP contribution in [0.1, 0.15) is 30.3 Å². The Hall–Kier alpha value is -1.52. The van der Waals surface area contributed by atoms with Crippen molar-refractivity contribution in [3.8, 4) is 0 Å². The number of aromatic nitrogens is 2. The van der Waals surface area contributed by atoms with Crippen molar-refractivity contribution in [1.82, 2.24) is 9.55 Å². The lowest BCUT2D eigenvalue weighted by Gasteiger charge is -2.31. The first kappa shape index (κ1) is 11.6. The molecule has 1 aliphatic carbocycles. The molecule has 0 spiro atoms. The fraction of sp³-hybridized carbons (Fsp3) is 0.692. The van der Waals surface area contributed by atoms with Crippen LogP contribution in [-0.2, 0) is 11.3 Å². The van der Waals surface area contributed by atoms with Crippen molar-refractivity contribution in [2.75, 3.05) is 25.1 Å². The van der Waals surface area contributed by atoms with E-state index < -0.39 is 0 Å². The van der Waals surface area contributed by atoms with Crippen molar-refractivity contribution < 1.29 is 9.53 Å². The van der Waals surface area contributed by atoms with Crippen LogP contribution in [0, 0.1) is 11.8 Å². The molecule has 3 rings (SSSR count). The van der Waals surface area contributed by atoms with Crippen molar-refractivity contribution in [3.63, 3.8) is 0 Å². The summed E-state index contributed by atoms with van der Waals surface area (Å²) in [6, 6.07) is 0. The number of esters is 1. The second-order valence-corrected chi connectivity index (χ2v) is 5.28. The second-order valence-electron chi connectivity index (χ2n) is 5.28. The highest BCUT2D eigenvalue weighted by atomic mass is 16.5. The molecule has 5 heteroatoms. The van der Waals surface area contributed by atoms with E-state index in [1.807, 2.05) is 20.2 Å². The third kappa shape index (κ3) is 1.98. The Morgan fingerprint density at radius 1 is 1.44 bits per heavy atom. The third-order valence-electron chi connectivity index (χ3n) is 3.81. The molecule has 0 bridgehead atoms. The third-order valence-corrected chi connectivity index (χ3v) is 3.81. The van der Waals surface area contributed by atoms with Crippen molar-refractivity contribution in [3.05, 3.63) is 11.9 Å². The molecule has 98 valence electrons. The summed E-state index contributed by atoms with van der Waals surface area (Å²) in [5, 5.41) is 0. The average Bonchev–Trinajstić information content (AvgIpc) is 3.09. The largest absolute Gasteiger partial charge is 0.461 e. The summed E-state index contributed by atoms with van der Waals surface area (Å²) < 4.78 is 7.09. The lowest BCUT2D eigenvalue weighted by Crippen LogP contribution is -2.36. The summed E-state index contributed by atoms with van der Waals surface area (Å²) >= 11 is 0. The van der Waals surface area contributed by atoms with Crippen LogP contribution in [0.2, 0.25) is 0 Å². The predicted molar refractivity (Wildman–Crippen MR) is 67.7 cm³/mol. The van der Waals surface area contributed by atoms with Crippen molar-refractivity contribution >= 4 is 11.9 Å². The first-order chi connectivity index (χ1) is 8.69. The van der Waals surface area contributed by atoms with Gasteiger partial charge in [-0.05, 0) is 31.6 Å². The van der Waals surface area contributed by atoms with Gasteiger partial charge in [-0.25, -0.2) is 9.78 Å². The Bertz CT molecular complexity index is 465. The topological polar surface area (TPSA) is 47.4 Å². The van der Waals surface area contributed by atoms with Gasteiger partial charge >= 0.3 is 5.97 Å². The smallest absolute Gasteiger partial charge is 0.358 e. The van der Waals surface area contributed by atoms with Gasteiger partial charge in [-0.15, -0.1) is 0 Å². The molecule has 2 heterocycles. The van der Waals surface area contributed by atoms with E-state index >= 15 is 0 Å². The molecular formula is C13H19N3O2. The van der Waals surface area contributed by atoms with E-state index in [2.05, 4.69) is 14.5 Å². The van der Waals surface area contributed by atoms with Crippen LogP contribution >= 0.6 is 0 Å². The lowest BCUT2D eigenvalue weighted by molar-refractivity contribution is 0.0520. The lowest BCUT2D eigenvalue weighted by atomic mass is 10.0. The minimum Gasteiger partial charge on any atom is -0.461 e. The number of anilines is 1. The number of hydrogen-bond donors (Lipinski definition) is 0. The Morgan fingerprint density at radius 3 is 2.89 bits per heavy atom. The molecule has 0 radical (unpaired) electrons. The van der Waals surface area contributed by atoms with Crippen LogP contribution in [-0.4, -0.2) is 35.7 Å². The first-order valence-electron chi connectivity index (χ1n) is 6.64. The quantitative estimate of drug-likeness (QED) is 0.762. The van der Waals surface area contributed by atoms with Gasteiger partial charge in [-0.3, -0.25) is 0 Å². The van der Waals surface area contributed by atoms with Gasteiger partial charge in [0, 0.05) is 26.3 Å². The van der Waals surface area contributed by atoms with E-state index in [9.17, 15) is 4.79 Å². The summed E-state index contributed by atoms with van der Waals surface area (Å²) in [7, 11) is 2.04.